The van der Waals surface area contributed by atoms with Crippen molar-refractivity contribution < 1.29 is 45.7 Å². The van der Waals surface area contributed by atoms with E-state index in [4.69, 9.17) is 0 Å². The molecule has 0 saturated heterocycles. The van der Waals surface area contributed by atoms with E-state index in [0.29, 0.717) is 12.1 Å². The van der Waals surface area contributed by atoms with Gasteiger partial charge >= 0.3 is 19.7 Å². The third-order valence-electron chi connectivity index (χ3n) is 2.13. The van der Waals surface area contributed by atoms with E-state index < -0.39 is 42.7 Å². The fourth-order valence-corrected chi connectivity index (χ4v) is 1.29. The number of hydrogen-bond acceptors (Lipinski definition) is 4. The summed E-state index contributed by atoms with van der Waals surface area (Å²) in [7, 11) is -2.19. The first-order valence-corrected chi connectivity index (χ1v) is 5.86. The lowest BCUT2D eigenvalue weighted by Gasteiger charge is -2.16. The Labute approximate surface area is 121 Å². The predicted octanol–water partition coefficient (Wildman–Crippen LogP) is 3.44. The number of rotatable bonds is 5. The van der Waals surface area contributed by atoms with Crippen molar-refractivity contribution in [3.63, 3.8) is 0 Å². The van der Waals surface area contributed by atoms with Gasteiger partial charge in [-0.3, -0.25) is 0 Å². The molecule has 1 aromatic carbocycles. The molecule has 0 aliphatic carbocycles. The molecule has 0 bridgehead atoms. The monoisotopic (exact) mass is 332 g/mol. The highest BCUT2D eigenvalue weighted by molar-refractivity contribution is 6.35. The molecule has 22 heavy (non-hydrogen) atoms. The molecule has 0 amide bonds. The molecule has 1 rings (SSSR count). The molecule has 11 heteroatoms. The fourth-order valence-electron chi connectivity index (χ4n) is 1.29. The molecule has 0 spiro atoms. The van der Waals surface area contributed by atoms with E-state index in [1.54, 1.807) is 0 Å². The Morgan fingerprint density at radius 3 is 1.77 bits per heavy atom. The normalized spacial score (nSPS) is 12.6. The fraction of sp³-hybridized carbons (Fsp3) is 0.455. The topological polar surface area (TPSA) is 47.9 Å². The van der Waals surface area contributed by atoms with Gasteiger partial charge < -0.3 is 9.68 Å². The molecule has 0 fully saturated rings. The lowest BCUT2D eigenvalue weighted by atomic mass is 10.1. The summed E-state index contributed by atoms with van der Waals surface area (Å²) in [4.78, 5) is 8.68. The Morgan fingerprint density at radius 1 is 0.955 bits per heavy atom. The van der Waals surface area contributed by atoms with Crippen molar-refractivity contribution in [2.75, 3.05) is 0 Å². The Morgan fingerprint density at radius 2 is 1.41 bits per heavy atom. The number of halogens is 6. The Hall–Kier alpha value is -1.46. The minimum absolute atomic E-state index is 0.0648. The molecule has 124 valence electrons. The summed E-state index contributed by atoms with van der Waals surface area (Å²) in [5, 5.41) is 9.21. The zero-order chi connectivity index (χ0) is 17.1. The highest BCUT2D eigenvalue weighted by Gasteiger charge is 2.37. The van der Waals surface area contributed by atoms with Crippen molar-refractivity contribution in [2.24, 2.45) is 0 Å². The maximum Gasteiger partial charge on any atom is 0.739 e. The van der Waals surface area contributed by atoms with E-state index in [1.165, 1.54) is 13.8 Å². The smallest absolute Gasteiger partial charge is 0.511 e. The number of alkyl halides is 6. The molecule has 4 nitrogen and oxygen atoms in total. The van der Waals surface area contributed by atoms with Gasteiger partial charge in [-0.15, -0.1) is 0 Å². The maximum atomic E-state index is 12.6. The van der Waals surface area contributed by atoms with Crippen LogP contribution in [0.4, 0.5) is 26.3 Å². The largest absolute Gasteiger partial charge is 0.739 e. The van der Waals surface area contributed by atoms with Crippen LogP contribution in [-0.4, -0.2) is 18.4 Å². The Bertz CT molecular complexity index is 470. The van der Waals surface area contributed by atoms with E-state index in [-0.39, 0.29) is 6.07 Å². The summed E-state index contributed by atoms with van der Waals surface area (Å²) in [5.41, 5.74) is -3.15. The molecule has 0 heterocycles. The Balaban J connectivity index is 3.03. The van der Waals surface area contributed by atoms with Gasteiger partial charge in [0, 0.05) is 0 Å². The lowest BCUT2D eigenvalue weighted by molar-refractivity contribution is -0.258. The van der Waals surface area contributed by atoms with Gasteiger partial charge in [-0.1, -0.05) is 0 Å². The van der Waals surface area contributed by atoms with Gasteiger partial charge in [-0.2, -0.15) is 26.3 Å². The first kappa shape index (κ1) is 18.6. The molecule has 0 saturated carbocycles. The van der Waals surface area contributed by atoms with Crippen LogP contribution in [0.5, 0.6) is 5.75 Å². The predicted molar refractivity (Wildman–Crippen MR) is 62.4 cm³/mol. The standard InChI is InChI=1S/C11H11BF6O4/c1-6(2)21-22-12(19)20-9-4-7(10(13,14)15)3-8(5-9)11(16,17)18/h3-6,19H,1-2H3. The lowest BCUT2D eigenvalue weighted by Crippen LogP contribution is -2.28. The zero-order valence-corrected chi connectivity index (χ0v) is 11.3. The van der Waals surface area contributed by atoms with Crippen LogP contribution >= 0.6 is 0 Å². The highest BCUT2D eigenvalue weighted by Crippen LogP contribution is 2.38. The summed E-state index contributed by atoms with van der Waals surface area (Å²) < 4.78 is 80.0. The van der Waals surface area contributed by atoms with Gasteiger partial charge in [0.15, 0.2) is 0 Å². The average molecular weight is 332 g/mol. The quantitative estimate of drug-likeness (QED) is 0.388. The van der Waals surface area contributed by atoms with E-state index >= 15 is 0 Å². The molecular formula is C11H11BF6O4. The second kappa shape index (κ2) is 6.76. The van der Waals surface area contributed by atoms with Crippen LogP contribution in [0.3, 0.4) is 0 Å². The molecule has 0 aromatic heterocycles. The highest BCUT2D eigenvalue weighted by atomic mass is 19.4. The van der Waals surface area contributed by atoms with Crippen molar-refractivity contribution in [3.8, 4) is 5.75 Å². The van der Waals surface area contributed by atoms with E-state index in [1.807, 2.05) is 0 Å². The van der Waals surface area contributed by atoms with Crippen molar-refractivity contribution in [2.45, 2.75) is 32.3 Å². The van der Waals surface area contributed by atoms with Gasteiger partial charge in [0.2, 0.25) is 0 Å². The van der Waals surface area contributed by atoms with Crippen LogP contribution in [0.15, 0.2) is 18.2 Å². The molecule has 1 aromatic rings. The molecule has 0 aliphatic heterocycles. The molecule has 0 atom stereocenters. The number of benzene rings is 1. The van der Waals surface area contributed by atoms with Crippen molar-refractivity contribution in [3.05, 3.63) is 29.3 Å². The minimum atomic E-state index is -5.01. The van der Waals surface area contributed by atoms with Crippen molar-refractivity contribution in [1.82, 2.24) is 0 Å². The summed E-state index contributed by atoms with van der Waals surface area (Å²) in [6.45, 7) is 3.03. The van der Waals surface area contributed by atoms with Gasteiger partial charge in [-0.05, 0) is 32.0 Å². The molecule has 0 radical (unpaired) electrons. The average Bonchev–Trinajstić information content (AvgIpc) is 2.34. The van der Waals surface area contributed by atoms with E-state index in [9.17, 15) is 31.4 Å². The van der Waals surface area contributed by atoms with Crippen LogP contribution in [0.25, 0.3) is 0 Å². The van der Waals surface area contributed by atoms with Crippen molar-refractivity contribution in [1.29, 1.82) is 0 Å². The molecule has 0 unspecified atom stereocenters. The summed E-state index contributed by atoms with van der Waals surface area (Å²) in [5.74, 6) is -0.873. The van der Waals surface area contributed by atoms with Crippen LogP contribution in [-0.2, 0) is 22.0 Å². The van der Waals surface area contributed by atoms with E-state index in [2.05, 4.69) is 14.3 Å². The first-order valence-electron chi connectivity index (χ1n) is 5.86. The summed E-state index contributed by atoms with van der Waals surface area (Å²) in [6.07, 6.45) is -10.5. The maximum absolute atomic E-state index is 12.6. The van der Waals surface area contributed by atoms with Crippen LogP contribution in [0, 0.1) is 0 Å². The van der Waals surface area contributed by atoms with Crippen molar-refractivity contribution >= 4 is 7.32 Å². The molecular weight excluding hydrogens is 321 g/mol. The second-order valence-corrected chi connectivity index (χ2v) is 4.41. The minimum Gasteiger partial charge on any atom is -0.511 e. The summed E-state index contributed by atoms with van der Waals surface area (Å²) >= 11 is 0. The SMILES string of the molecule is CC(C)OOB(O)Oc1cc(C(F)(F)F)cc(C(F)(F)F)c1. The zero-order valence-electron chi connectivity index (χ0n) is 11.3. The van der Waals surface area contributed by atoms with Gasteiger partial charge in [0.25, 0.3) is 0 Å². The van der Waals surface area contributed by atoms with Gasteiger partial charge in [-0.25, -0.2) is 9.69 Å². The van der Waals surface area contributed by atoms with Gasteiger partial charge in [0.05, 0.1) is 17.2 Å². The van der Waals surface area contributed by atoms with Crippen LogP contribution < -0.4 is 4.65 Å². The third kappa shape index (κ3) is 5.74. The van der Waals surface area contributed by atoms with Crippen LogP contribution in [0.2, 0.25) is 0 Å². The second-order valence-electron chi connectivity index (χ2n) is 4.41. The van der Waals surface area contributed by atoms with Crippen LogP contribution in [0.1, 0.15) is 25.0 Å². The molecule has 1 N–H and O–H groups in total. The molecule has 0 aliphatic rings. The summed E-state index contributed by atoms with van der Waals surface area (Å²) in [6, 6.07) is 0.541. The van der Waals surface area contributed by atoms with Gasteiger partial charge in [0.1, 0.15) is 5.75 Å². The Kier molecular flexibility index (Phi) is 5.71. The third-order valence-corrected chi connectivity index (χ3v) is 2.13. The first-order chi connectivity index (χ1) is 9.89. The van der Waals surface area contributed by atoms with E-state index in [0.717, 1.165) is 0 Å². The number of hydrogen-bond donors (Lipinski definition) is 1.